The fourth-order valence-corrected chi connectivity index (χ4v) is 5.78. The van der Waals surface area contributed by atoms with Crippen LogP contribution in [0.4, 0.5) is 5.69 Å². The molecule has 1 aliphatic rings. The molecule has 30 heavy (non-hydrogen) atoms. The molecule has 1 aliphatic heterocycles. The third kappa shape index (κ3) is 4.72. The first-order chi connectivity index (χ1) is 14.3. The van der Waals surface area contributed by atoms with Crippen LogP contribution in [0.15, 0.2) is 58.4 Å². The van der Waals surface area contributed by atoms with Gasteiger partial charge in [-0.1, -0.05) is 43.3 Å². The van der Waals surface area contributed by atoms with Crippen LogP contribution in [0.1, 0.15) is 31.1 Å². The zero-order valence-electron chi connectivity index (χ0n) is 17.1. The number of hydrogen-bond donors (Lipinski definition) is 0. The number of anilines is 1. The fraction of sp³-hybridized carbons (Fsp3) is 0.333. The Bertz CT molecular complexity index is 1050. The molecule has 0 aliphatic carbocycles. The Balaban J connectivity index is 2.03. The molecule has 160 valence electrons. The van der Waals surface area contributed by atoms with Crippen molar-refractivity contribution in [1.82, 2.24) is 4.31 Å². The number of sulfonamides is 1. The molecule has 0 fully saturated rings. The molecule has 1 unspecified atom stereocenters. The topological polar surface area (TPSA) is 70.1 Å². The number of amidine groups is 1. The predicted octanol–water partition coefficient (Wildman–Crippen LogP) is 4.51. The monoisotopic (exact) mass is 465 g/mol. The number of thioether (sulfide) groups is 1. The molecule has 0 bridgehead atoms. The summed E-state index contributed by atoms with van der Waals surface area (Å²) in [6.07, 6.45) is 0. The van der Waals surface area contributed by atoms with Crippen molar-refractivity contribution in [1.29, 1.82) is 0 Å². The van der Waals surface area contributed by atoms with E-state index in [1.807, 2.05) is 6.92 Å². The predicted molar refractivity (Wildman–Crippen MR) is 124 cm³/mol. The molecule has 0 spiro atoms. The van der Waals surface area contributed by atoms with E-state index in [4.69, 9.17) is 11.6 Å². The molecule has 0 radical (unpaired) electrons. The van der Waals surface area contributed by atoms with Crippen LogP contribution in [-0.2, 0) is 10.0 Å². The van der Waals surface area contributed by atoms with E-state index in [0.29, 0.717) is 29.0 Å². The van der Waals surface area contributed by atoms with E-state index in [2.05, 4.69) is 4.99 Å². The van der Waals surface area contributed by atoms with E-state index < -0.39 is 10.0 Å². The Morgan fingerprint density at radius 3 is 2.40 bits per heavy atom. The maximum absolute atomic E-state index is 13.5. The third-order valence-electron chi connectivity index (χ3n) is 4.69. The number of hydrogen-bond acceptors (Lipinski definition) is 5. The number of aliphatic imine (C=N–C) groups is 1. The molecule has 0 N–H and O–H groups in total. The van der Waals surface area contributed by atoms with Crippen molar-refractivity contribution < 1.29 is 13.2 Å². The summed E-state index contributed by atoms with van der Waals surface area (Å²) in [5, 5.41) is 1.15. The van der Waals surface area contributed by atoms with E-state index in [1.54, 1.807) is 50.2 Å². The summed E-state index contributed by atoms with van der Waals surface area (Å²) in [5.41, 5.74) is 0.905. The minimum absolute atomic E-state index is 0.0991. The summed E-state index contributed by atoms with van der Waals surface area (Å²) in [6.45, 7) is 6.28. The van der Waals surface area contributed by atoms with Crippen LogP contribution in [0.25, 0.3) is 0 Å². The highest BCUT2D eigenvalue weighted by atomic mass is 35.5. The lowest BCUT2D eigenvalue weighted by molar-refractivity contribution is 0.100. The van der Waals surface area contributed by atoms with E-state index in [0.717, 1.165) is 5.75 Å². The van der Waals surface area contributed by atoms with Crippen LogP contribution in [0.3, 0.4) is 0 Å². The average Bonchev–Trinajstić information content (AvgIpc) is 3.16. The number of carbonyl (C=O) groups excluding carboxylic acids is 1. The molecule has 2 aromatic carbocycles. The summed E-state index contributed by atoms with van der Waals surface area (Å²) in [6, 6.07) is 13.2. The molecule has 0 saturated heterocycles. The van der Waals surface area contributed by atoms with Crippen LogP contribution in [0.5, 0.6) is 0 Å². The quantitative estimate of drug-likeness (QED) is 0.629. The summed E-state index contributed by atoms with van der Waals surface area (Å²) in [5.74, 6) is 0.442. The number of benzene rings is 2. The molecule has 9 heteroatoms. The first-order valence-corrected chi connectivity index (χ1v) is 12.5. The SMILES string of the molecule is CCN(CC)S(=O)(=O)c1cccc(C(=O)N(C2=NC(C)CS2)c2ccc(Cl)cc2)c1. The van der Waals surface area contributed by atoms with Gasteiger partial charge in [0.1, 0.15) is 0 Å². The normalized spacial score (nSPS) is 16.6. The molecule has 1 atom stereocenters. The van der Waals surface area contributed by atoms with Crippen LogP contribution in [-0.4, -0.2) is 48.7 Å². The van der Waals surface area contributed by atoms with Gasteiger partial charge in [0.2, 0.25) is 10.0 Å². The minimum Gasteiger partial charge on any atom is -0.268 e. The highest BCUT2D eigenvalue weighted by molar-refractivity contribution is 8.14. The molecule has 1 heterocycles. The molecule has 3 rings (SSSR count). The summed E-state index contributed by atoms with van der Waals surface area (Å²) < 4.78 is 27.2. The van der Waals surface area contributed by atoms with Gasteiger partial charge in [0.05, 0.1) is 16.6 Å². The van der Waals surface area contributed by atoms with E-state index in [9.17, 15) is 13.2 Å². The largest absolute Gasteiger partial charge is 0.268 e. The van der Waals surface area contributed by atoms with Crippen LogP contribution < -0.4 is 4.90 Å². The summed E-state index contributed by atoms with van der Waals surface area (Å²) >= 11 is 7.51. The van der Waals surface area contributed by atoms with Crippen LogP contribution >= 0.6 is 23.4 Å². The van der Waals surface area contributed by atoms with Crippen molar-refractivity contribution >= 4 is 50.1 Å². The number of nitrogens with zero attached hydrogens (tertiary/aromatic N) is 3. The lowest BCUT2D eigenvalue weighted by atomic mass is 10.2. The van der Waals surface area contributed by atoms with Crippen LogP contribution in [0.2, 0.25) is 5.02 Å². The maximum atomic E-state index is 13.5. The van der Waals surface area contributed by atoms with Gasteiger partial charge in [-0.25, -0.2) is 8.42 Å². The van der Waals surface area contributed by atoms with E-state index in [1.165, 1.54) is 33.1 Å². The zero-order chi connectivity index (χ0) is 21.9. The Morgan fingerprint density at radius 1 is 1.17 bits per heavy atom. The van der Waals surface area contributed by atoms with E-state index in [-0.39, 0.29) is 22.4 Å². The average molecular weight is 466 g/mol. The number of halogens is 1. The smallest absolute Gasteiger partial charge is 0.264 e. The Morgan fingerprint density at radius 2 is 1.83 bits per heavy atom. The van der Waals surface area contributed by atoms with Gasteiger partial charge in [-0.2, -0.15) is 4.31 Å². The second-order valence-corrected chi connectivity index (χ2v) is 10.2. The Hall–Kier alpha value is -1.87. The number of carbonyl (C=O) groups is 1. The molecule has 1 amide bonds. The van der Waals surface area contributed by atoms with Crippen LogP contribution in [0, 0.1) is 0 Å². The van der Waals surface area contributed by atoms with Crippen molar-refractivity contribution in [3.05, 3.63) is 59.1 Å². The van der Waals surface area contributed by atoms with Gasteiger partial charge in [0.15, 0.2) is 5.17 Å². The summed E-state index contributed by atoms with van der Waals surface area (Å²) in [4.78, 5) is 19.7. The lowest BCUT2D eigenvalue weighted by Gasteiger charge is -2.23. The second-order valence-electron chi connectivity index (χ2n) is 6.81. The van der Waals surface area contributed by atoms with E-state index >= 15 is 0 Å². The number of amides is 1. The van der Waals surface area contributed by atoms with Gasteiger partial charge in [-0.3, -0.25) is 14.7 Å². The Kier molecular flexibility index (Phi) is 7.23. The van der Waals surface area contributed by atoms with Gasteiger partial charge >= 0.3 is 0 Å². The second kappa shape index (κ2) is 9.51. The first-order valence-electron chi connectivity index (χ1n) is 9.68. The van der Waals surface area contributed by atoms with Crippen molar-refractivity contribution in [3.63, 3.8) is 0 Å². The number of rotatable bonds is 6. The molecular weight excluding hydrogens is 442 g/mol. The highest BCUT2D eigenvalue weighted by Crippen LogP contribution is 2.29. The van der Waals surface area contributed by atoms with Gasteiger partial charge in [-0.15, -0.1) is 0 Å². The van der Waals surface area contributed by atoms with Crippen molar-refractivity contribution in [2.24, 2.45) is 4.99 Å². The molecule has 2 aromatic rings. The van der Waals surface area contributed by atoms with Gasteiger partial charge in [0.25, 0.3) is 5.91 Å². The molecule has 0 aromatic heterocycles. The minimum atomic E-state index is -3.67. The van der Waals surface area contributed by atoms with Crippen molar-refractivity contribution in [2.45, 2.75) is 31.7 Å². The van der Waals surface area contributed by atoms with Gasteiger partial charge in [-0.05, 0) is 49.4 Å². The molecule has 0 saturated carbocycles. The zero-order valence-corrected chi connectivity index (χ0v) is 19.5. The molecule has 6 nitrogen and oxygen atoms in total. The Labute approximate surface area is 187 Å². The lowest BCUT2D eigenvalue weighted by Crippen LogP contribution is -2.35. The maximum Gasteiger partial charge on any atom is 0.264 e. The fourth-order valence-electron chi connectivity index (χ4n) is 3.12. The van der Waals surface area contributed by atoms with Gasteiger partial charge in [0, 0.05) is 29.4 Å². The summed E-state index contributed by atoms with van der Waals surface area (Å²) in [7, 11) is -3.67. The first kappa shape index (κ1) is 22.8. The van der Waals surface area contributed by atoms with Crippen molar-refractivity contribution in [3.8, 4) is 0 Å². The molecular formula is C21H24ClN3O3S2. The highest BCUT2D eigenvalue weighted by Gasteiger charge is 2.29. The standard InChI is InChI=1S/C21H24ClN3O3S2/c1-4-24(5-2)30(27,28)19-8-6-7-16(13-19)20(26)25(21-23-15(3)14-29-21)18-11-9-17(22)10-12-18/h6-13,15H,4-5,14H2,1-3H3. The third-order valence-corrected chi connectivity index (χ3v) is 8.18. The van der Waals surface area contributed by atoms with Crippen molar-refractivity contribution in [2.75, 3.05) is 23.7 Å². The van der Waals surface area contributed by atoms with Gasteiger partial charge < -0.3 is 0 Å².